The number of halogens is 3. The van der Waals surface area contributed by atoms with Crippen LogP contribution in [0.15, 0.2) is 30.6 Å². The van der Waals surface area contributed by atoms with E-state index in [-0.39, 0.29) is 48.0 Å². The molecule has 1 aromatic heterocycles. The van der Waals surface area contributed by atoms with Crippen LogP contribution in [-0.2, 0) is 11.3 Å². The molecule has 1 saturated heterocycles. The third-order valence-corrected chi connectivity index (χ3v) is 6.82. The van der Waals surface area contributed by atoms with E-state index in [0.717, 1.165) is 12.8 Å². The number of aromatic nitrogens is 2. The fourth-order valence-corrected chi connectivity index (χ4v) is 5.02. The van der Waals surface area contributed by atoms with Gasteiger partial charge in [-0.2, -0.15) is 0 Å². The van der Waals surface area contributed by atoms with Gasteiger partial charge in [0.2, 0.25) is 5.95 Å². The summed E-state index contributed by atoms with van der Waals surface area (Å²) in [6.45, 7) is 9.25. The van der Waals surface area contributed by atoms with Gasteiger partial charge in [0.15, 0.2) is 0 Å². The number of hydrogen-bond donors (Lipinski definition) is 1. The summed E-state index contributed by atoms with van der Waals surface area (Å²) in [5.74, 6) is 0.402. The molecule has 0 saturated carbocycles. The molecule has 1 fully saturated rings. The normalized spacial score (nSPS) is 20.8. The molecule has 1 amide bonds. The molecule has 1 aromatic carbocycles. The molecule has 1 aliphatic heterocycles. The van der Waals surface area contributed by atoms with Gasteiger partial charge in [-0.05, 0) is 69.7 Å². The van der Waals surface area contributed by atoms with Crippen LogP contribution in [0, 0.1) is 0 Å². The average molecular weight is 522 g/mol. The van der Waals surface area contributed by atoms with E-state index in [0.29, 0.717) is 30.0 Å². The molecule has 2 unspecified atom stereocenters. The minimum atomic E-state index is -2.72. The van der Waals surface area contributed by atoms with E-state index in [9.17, 15) is 18.0 Å². The van der Waals surface area contributed by atoms with Crippen LogP contribution in [0.3, 0.4) is 0 Å². The van der Waals surface area contributed by atoms with Crippen LogP contribution >= 0.6 is 0 Å². The lowest BCUT2D eigenvalue weighted by Gasteiger charge is -2.47. The molecule has 1 aliphatic rings. The van der Waals surface area contributed by atoms with Crippen LogP contribution in [-0.4, -0.2) is 45.2 Å². The van der Waals surface area contributed by atoms with E-state index in [1.54, 1.807) is 6.07 Å². The second kappa shape index (κ2) is 12.5. The molecule has 0 spiro atoms. The van der Waals surface area contributed by atoms with E-state index >= 15 is 0 Å². The fraction of sp³-hybridized carbons (Fsp3) is 0.593. The first-order valence-electron chi connectivity index (χ1n) is 12.9. The molecular weight excluding hydrogens is 483 g/mol. The molecule has 2 aromatic rings. The minimum Gasteiger partial charge on any atom is -0.447 e. The third kappa shape index (κ3) is 7.05. The first-order chi connectivity index (χ1) is 17.5. The monoisotopic (exact) mass is 521 g/mol. The van der Waals surface area contributed by atoms with Crippen LogP contribution in [0.5, 0.6) is 0 Å². The summed E-state index contributed by atoms with van der Waals surface area (Å²) in [7, 11) is 0. The lowest BCUT2D eigenvalue weighted by molar-refractivity contribution is 0.0228. The van der Waals surface area contributed by atoms with Crippen molar-refractivity contribution >= 4 is 17.7 Å². The molecule has 7 nitrogen and oxygen atoms in total. The van der Waals surface area contributed by atoms with E-state index in [1.165, 1.54) is 31.5 Å². The second-order valence-corrected chi connectivity index (χ2v) is 9.96. The molecule has 2 N–H and O–H groups in total. The number of likely N-dealkylation sites (tertiary alicyclic amines) is 1. The molecular formula is C27H38F3N5O2. The predicted molar refractivity (Wildman–Crippen MR) is 138 cm³/mol. The highest BCUT2D eigenvalue weighted by Gasteiger charge is 2.40. The maximum absolute atomic E-state index is 14.2. The number of anilines is 2. The number of alkyl halides is 3. The highest BCUT2D eigenvalue weighted by Crippen LogP contribution is 2.34. The number of piperidine rings is 1. The Morgan fingerprint density at radius 3 is 2.11 bits per heavy atom. The highest BCUT2D eigenvalue weighted by atomic mass is 19.3. The fourth-order valence-electron chi connectivity index (χ4n) is 5.02. The zero-order valence-electron chi connectivity index (χ0n) is 22.2. The summed E-state index contributed by atoms with van der Waals surface area (Å²) in [6, 6.07) is 3.97. The topological polar surface area (TPSA) is 84.6 Å². The van der Waals surface area contributed by atoms with E-state index in [2.05, 4.69) is 9.97 Å². The summed E-state index contributed by atoms with van der Waals surface area (Å²) in [5, 5.41) is 0. The lowest BCUT2D eigenvalue weighted by Crippen LogP contribution is -2.57. The summed E-state index contributed by atoms with van der Waals surface area (Å²) in [6.07, 6.45) is 1.03. The van der Waals surface area contributed by atoms with Crippen molar-refractivity contribution in [2.24, 2.45) is 0 Å². The van der Waals surface area contributed by atoms with Crippen LogP contribution in [0.25, 0.3) is 0 Å². The number of benzene rings is 1. The molecule has 3 rings (SSSR count). The summed E-state index contributed by atoms with van der Waals surface area (Å²) in [4.78, 5) is 25.6. The molecule has 37 heavy (non-hydrogen) atoms. The van der Waals surface area contributed by atoms with Gasteiger partial charge in [-0.1, -0.05) is 19.9 Å². The number of carbonyl (C=O) groups is 1. The maximum Gasteiger partial charge on any atom is 0.410 e. The van der Waals surface area contributed by atoms with Crippen LogP contribution < -0.4 is 10.6 Å². The van der Waals surface area contributed by atoms with Gasteiger partial charge in [-0.15, -0.1) is 0 Å². The number of nitrogens with zero attached hydrogens (tertiary/aromatic N) is 4. The van der Waals surface area contributed by atoms with Gasteiger partial charge in [-0.25, -0.2) is 27.9 Å². The molecule has 0 bridgehead atoms. The Morgan fingerprint density at radius 2 is 1.62 bits per heavy atom. The Kier molecular flexibility index (Phi) is 9.62. The lowest BCUT2D eigenvalue weighted by atomic mass is 9.87. The number of amides is 1. The van der Waals surface area contributed by atoms with Crippen LogP contribution in [0.2, 0.25) is 0 Å². The smallest absolute Gasteiger partial charge is 0.410 e. The standard InChI is InChI=1S/C27H38F3N5O2/c1-6-22-11-24(12-23(7-2)35(22)27(36)37-16(3)4)34(26-32-13-21(31)14-33-26)15-18-8-19(17(5)28)10-20(9-18)25(29)30/h8-10,13-14,16-17,22-25H,6-7,11-12,15,31H2,1-5H3/t17?,22-,23+,24?. The Hall–Kier alpha value is -3.04. The second-order valence-electron chi connectivity index (χ2n) is 9.96. The molecule has 10 heteroatoms. The third-order valence-electron chi connectivity index (χ3n) is 6.82. The SMILES string of the molecule is CC[C@@H]1CC(N(Cc2cc(C(C)F)cc(C(F)F)c2)c2ncc(N)cn2)C[C@H](CC)N1C(=O)OC(C)C. The largest absolute Gasteiger partial charge is 0.447 e. The van der Waals surface area contributed by atoms with Gasteiger partial charge >= 0.3 is 6.09 Å². The van der Waals surface area contributed by atoms with Crippen molar-refractivity contribution in [1.82, 2.24) is 14.9 Å². The van der Waals surface area contributed by atoms with Gasteiger partial charge in [-0.3, -0.25) is 0 Å². The summed E-state index contributed by atoms with van der Waals surface area (Å²) < 4.78 is 47.0. The van der Waals surface area contributed by atoms with Crippen molar-refractivity contribution in [3.8, 4) is 0 Å². The van der Waals surface area contributed by atoms with Crippen LogP contribution in [0.4, 0.5) is 29.6 Å². The quantitative estimate of drug-likeness (QED) is 0.400. The Labute approximate surface area is 217 Å². The average Bonchev–Trinajstić information content (AvgIpc) is 2.86. The molecule has 204 valence electrons. The molecule has 0 radical (unpaired) electrons. The van der Waals surface area contributed by atoms with Crippen molar-refractivity contribution in [2.45, 2.75) is 104 Å². The number of nitrogen functional groups attached to an aromatic ring is 1. The number of carbonyl (C=O) groups excluding carboxylic acids is 1. The predicted octanol–water partition coefficient (Wildman–Crippen LogP) is 6.60. The Morgan fingerprint density at radius 1 is 1.05 bits per heavy atom. The number of rotatable bonds is 9. The van der Waals surface area contributed by atoms with Crippen molar-refractivity contribution in [1.29, 1.82) is 0 Å². The first-order valence-corrected chi connectivity index (χ1v) is 12.9. The number of nitrogens with two attached hydrogens (primary N) is 1. The van der Waals surface area contributed by atoms with Gasteiger partial charge in [0.25, 0.3) is 6.43 Å². The first kappa shape index (κ1) is 28.5. The van der Waals surface area contributed by atoms with E-state index in [1.807, 2.05) is 37.5 Å². The van der Waals surface area contributed by atoms with E-state index in [4.69, 9.17) is 10.5 Å². The molecule has 2 heterocycles. The van der Waals surface area contributed by atoms with Gasteiger partial charge in [0, 0.05) is 30.2 Å². The maximum atomic E-state index is 14.2. The molecule has 0 aliphatic carbocycles. The Bertz CT molecular complexity index is 995. The van der Waals surface area contributed by atoms with Gasteiger partial charge in [0.05, 0.1) is 24.2 Å². The summed E-state index contributed by atoms with van der Waals surface area (Å²) >= 11 is 0. The van der Waals surface area contributed by atoms with Crippen molar-refractivity contribution in [3.05, 3.63) is 47.3 Å². The zero-order valence-corrected chi connectivity index (χ0v) is 22.2. The zero-order chi connectivity index (χ0) is 27.3. The van der Waals surface area contributed by atoms with Crippen molar-refractivity contribution in [3.63, 3.8) is 0 Å². The van der Waals surface area contributed by atoms with Crippen LogP contribution in [0.1, 0.15) is 89.6 Å². The summed E-state index contributed by atoms with van der Waals surface area (Å²) in [5.41, 5.74) is 6.74. The number of hydrogen-bond acceptors (Lipinski definition) is 6. The van der Waals surface area contributed by atoms with Gasteiger partial charge < -0.3 is 20.3 Å². The van der Waals surface area contributed by atoms with Crippen molar-refractivity contribution < 1.29 is 22.7 Å². The minimum absolute atomic E-state index is 0.0833. The Balaban J connectivity index is 2.00. The van der Waals surface area contributed by atoms with Gasteiger partial charge in [0.1, 0.15) is 6.17 Å². The van der Waals surface area contributed by atoms with E-state index < -0.39 is 12.6 Å². The molecule has 4 atom stereocenters. The highest BCUT2D eigenvalue weighted by molar-refractivity contribution is 5.69. The van der Waals surface area contributed by atoms with Crippen molar-refractivity contribution in [2.75, 3.05) is 10.6 Å². The number of ether oxygens (including phenoxy) is 1.